The molecule has 0 bridgehead atoms. The standard InChI is InChI=1S/C20H26N2O2S/c1-3-20(23)22-10-9-19(24-13-18-14-25-15(2)21-18)17(12-22)11-16-7-5-4-6-8-16/h4-8,14,17,19H,3,9-13H2,1-2H3/t17-,19+/m0/s1. The van der Waals surface area contributed by atoms with E-state index in [0.717, 1.165) is 36.6 Å². The number of ether oxygens (including phenoxy) is 1. The van der Waals surface area contributed by atoms with Crippen molar-refractivity contribution in [1.82, 2.24) is 9.88 Å². The molecule has 0 unspecified atom stereocenters. The van der Waals surface area contributed by atoms with E-state index in [1.165, 1.54) is 5.56 Å². The fourth-order valence-electron chi connectivity index (χ4n) is 3.46. The minimum atomic E-state index is 0.170. The van der Waals surface area contributed by atoms with E-state index in [1.54, 1.807) is 11.3 Å². The maximum atomic E-state index is 12.1. The highest BCUT2D eigenvalue weighted by Crippen LogP contribution is 2.26. The molecular formula is C20H26N2O2S. The zero-order chi connectivity index (χ0) is 17.6. The van der Waals surface area contributed by atoms with Gasteiger partial charge in [0.25, 0.3) is 0 Å². The Bertz CT molecular complexity index is 686. The van der Waals surface area contributed by atoms with Crippen LogP contribution in [0.25, 0.3) is 0 Å². The lowest BCUT2D eigenvalue weighted by Crippen LogP contribution is -2.47. The number of nitrogens with zero attached hydrogens (tertiary/aromatic N) is 2. The van der Waals surface area contributed by atoms with Crippen molar-refractivity contribution in [2.24, 2.45) is 5.92 Å². The molecule has 0 aliphatic carbocycles. The Morgan fingerprint density at radius 1 is 1.36 bits per heavy atom. The molecule has 1 aliphatic rings. The molecule has 2 atom stereocenters. The maximum absolute atomic E-state index is 12.1. The fraction of sp³-hybridized carbons (Fsp3) is 0.500. The first-order chi connectivity index (χ1) is 12.2. The van der Waals surface area contributed by atoms with Crippen LogP contribution in [-0.2, 0) is 22.6 Å². The molecule has 1 fully saturated rings. The van der Waals surface area contributed by atoms with E-state index in [0.29, 0.717) is 18.9 Å². The van der Waals surface area contributed by atoms with Gasteiger partial charge in [-0.3, -0.25) is 4.79 Å². The van der Waals surface area contributed by atoms with Crippen LogP contribution in [0.1, 0.15) is 36.0 Å². The summed E-state index contributed by atoms with van der Waals surface area (Å²) in [6, 6.07) is 10.5. The first-order valence-electron chi connectivity index (χ1n) is 9.00. The summed E-state index contributed by atoms with van der Waals surface area (Å²) in [6.07, 6.45) is 2.58. The van der Waals surface area contributed by atoms with Crippen LogP contribution in [0.2, 0.25) is 0 Å². The van der Waals surface area contributed by atoms with Gasteiger partial charge in [0.2, 0.25) is 5.91 Å². The van der Waals surface area contributed by atoms with Gasteiger partial charge in [0.05, 0.1) is 23.4 Å². The molecule has 1 aliphatic heterocycles. The molecule has 0 spiro atoms. The van der Waals surface area contributed by atoms with Gasteiger partial charge in [0.1, 0.15) is 0 Å². The van der Waals surface area contributed by atoms with Crippen molar-refractivity contribution in [3.05, 3.63) is 52.0 Å². The van der Waals surface area contributed by atoms with Crippen LogP contribution < -0.4 is 0 Å². The van der Waals surface area contributed by atoms with Gasteiger partial charge in [-0.05, 0) is 25.3 Å². The van der Waals surface area contributed by atoms with Crippen LogP contribution in [0.15, 0.2) is 35.7 Å². The monoisotopic (exact) mass is 358 g/mol. The van der Waals surface area contributed by atoms with E-state index in [-0.39, 0.29) is 12.0 Å². The van der Waals surface area contributed by atoms with Gasteiger partial charge in [-0.1, -0.05) is 37.3 Å². The molecule has 2 aromatic rings. The molecule has 0 radical (unpaired) electrons. The average Bonchev–Trinajstić information content (AvgIpc) is 3.06. The van der Waals surface area contributed by atoms with Crippen molar-refractivity contribution in [2.75, 3.05) is 13.1 Å². The second-order valence-corrected chi connectivity index (χ2v) is 7.70. The predicted octanol–water partition coefficient (Wildman–Crippen LogP) is 3.84. The quantitative estimate of drug-likeness (QED) is 0.788. The van der Waals surface area contributed by atoms with Crippen molar-refractivity contribution < 1.29 is 9.53 Å². The summed E-state index contributed by atoms with van der Waals surface area (Å²) in [4.78, 5) is 18.6. The molecule has 0 N–H and O–H groups in total. The number of rotatable bonds is 6. The number of piperidine rings is 1. The zero-order valence-electron chi connectivity index (χ0n) is 15.0. The van der Waals surface area contributed by atoms with Gasteiger partial charge < -0.3 is 9.64 Å². The number of amides is 1. The van der Waals surface area contributed by atoms with Crippen molar-refractivity contribution in [2.45, 2.75) is 45.8 Å². The van der Waals surface area contributed by atoms with Gasteiger partial charge in [0.15, 0.2) is 0 Å². The third kappa shape index (κ3) is 4.89. The van der Waals surface area contributed by atoms with Crippen LogP contribution in [0.5, 0.6) is 0 Å². The Morgan fingerprint density at radius 2 is 2.16 bits per heavy atom. The molecular weight excluding hydrogens is 332 g/mol. The molecule has 1 aromatic carbocycles. The molecule has 134 valence electrons. The van der Waals surface area contributed by atoms with E-state index in [4.69, 9.17) is 4.74 Å². The lowest BCUT2D eigenvalue weighted by molar-refractivity contribution is -0.136. The average molecular weight is 359 g/mol. The van der Waals surface area contributed by atoms with Crippen LogP contribution in [0, 0.1) is 12.8 Å². The summed E-state index contributed by atoms with van der Waals surface area (Å²) >= 11 is 1.66. The Labute approximate surface area is 153 Å². The van der Waals surface area contributed by atoms with Gasteiger partial charge in [-0.15, -0.1) is 11.3 Å². The van der Waals surface area contributed by atoms with Gasteiger partial charge >= 0.3 is 0 Å². The van der Waals surface area contributed by atoms with E-state index in [2.05, 4.69) is 34.6 Å². The second kappa shape index (κ2) is 8.59. The molecule has 25 heavy (non-hydrogen) atoms. The van der Waals surface area contributed by atoms with Crippen LogP contribution in [0.4, 0.5) is 0 Å². The molecule has 1 saturated heterocycles. The van der Waals surface area contributed by atoms with Crippen molar-refractivity contribution in [3.8, 4) is 0 Å². The smallest absolute Gasteiger partial charge is 0.222 e. The Hall–Kier alpha value is -1.72. The van der Waals surface area contributed by atoms with Gasteiger partial charge in [-0.25, -0.2) is 4.98 Å². The third-order valence-corrected chi connectivity index (χ3v) is 5.59. The Balaban J connectivity index is 1.67. The number of aromatic nitrogens is 1. The lowest BCUT2D eigenvalue weighted by Gasteiger charge is -2.38. The van der Waals surface area contributed by atoms with E-state index in [9.17, 15) is 4.79 Å². The normalized spacial score (nSPS) is 20.6. The molecule has 5 heteroatoms. The summed E-state index contributed by atoms with van der Waals surface area (Å²) in [6.45, 7) is 6.08. The highest BCUT2D eigenvalue weighted by atomic mass is 32.1. The van der Waals surface area contributed by atoms with E-state index in [1.807, 2.05) is 24.8 Å². The van der Waals surface area contributed by atoms with Gasteiger partial charge in [0, 0.05) is 30.8 Å². The fourth-order valence-corrected chi connectivity index (χ4v) is 4.06. The summed E-state index contributed by atoms with van der Waals surface area (Å²) in [5.41, 5.74) is 2.31. The summed E-state index contributed by atoms with van der Waals surface area (Å²) in [7, 11) is 0. The number of thiazole rings is 1. The predicted molar refractivity (Wildman–Crippen MR) is 101 cm³/mol. The Morgan fingerprint density at radius 3 is 2.84 bits per heavy atom. The topological polar surface area (TPSA) is 42.4 Å². The minimum Gasteiger partial charge on any atom is -0.371 e. The van der Waals surface area contributed by atoms with Crippen LogP contribution in [-0.4, -0.2) is 35.0 Å². The number of likely N-dealkylation sites (tertiary alicyclic amines) is 1. The molecule has 0 saturated carbocycles. The molecule has 1 aromatic heterocycles. The lowest BCUT2D eigenvalue weighted by atomic mass is 9.88. The van der Waals surface area contributed by atoms with Crippen molar-refractivity contribution in [1.29, 1.82) is 0 Å². The first-order valence-corrected chi connectivity index (χ1v) is 9.88. The number of benzene rings is 1. The van der Waals surface area contributed by atoms with Crippen LogP contribution >= 0.6 is 11.3 Å². The summed E-state index contributed by atoms with van der Waals surface area (Å²) in [5.74, 6) is 0.568. The van der Waals surface area contributed by atoms with Crippen molar-refractivity contribution >= 4 is 17.2 Å². The molecule has 4 nitrogen and oxygen atoms in total. The number of hydrogen-bond acceptors (Lipinski definition) is 4. The van der Waals surface area contributed by atoms with Gasteiger partial charge in [-0.2, -0.15) is 0 Å². The highest BCUT2D eigenvalue weighted by molar-refractivity contribution is 7.09. The van der Waals surface area contributed by atoms with E-state index < -0.39 is 0 Å². The molecule has 1 amide bonds. The third-order valence-electron chi connectivity index (χ3n) is 4.77. The number of carbonyl (C=O) groups is 1. The number of aryl methyl sites for hydroxylation is 1. The summed E-state index contributed by atoms with van der Waals surface area (Å²) in [5, 5.41) is 3.14. The SMILES string of the molecule is CCC(=O)N1CC[C@@H](OCc2csc(C)n2)[C@@H](Cc2ccccc2)C1. The van der Waals surface area contributed by atoms with E-state index >= 15 is 0 Å². The van der Waals surface area contributed by atoms with Crippen molar-refractivity contribution in [3.63, 3.8) is 0 Å². The zero-order valence-corrected chi connectivity index (χ0v) is 15.8. The number of carbonyl (C=O) groups excluding carboxylic acids is 1. The Kier molecular flexibility index (Phi) is 6.21. The molecule has 2 heterocycles. The minimum absolute atomic E-state index is 0.170. The summed E-state index contributed by atoms with van der Waals surface area (Å²) < 4.78 is 6.24. The maximum Gasteiger partial charge on any atom is 0.222 e. The van der Waals surface area contributed by atoms with Crippen LogP contribution in [0.3, 0.4) is 0 Å². The highest BCUT2D eigenvalue weighted by Gasteiger charge is 2.31. The first kappa shape index (κ1) is 18.1. The number of hydrogen-bond donors (Lipinski definition) is 0. The molecule has 3 rings (SSSR count). The largest absolute Gasteiger partial charge is 0.371 e. The second-order valence-electron chi connectivity index (χ2n) is 6.64.